The van der Waals surface area contributed by atoms with E-state index >= 15 is 0 Å². The second-order valence-electron chi connectivity index (χ2n) is 4.09. The number of fused-ring (bicyclic) bond motifs is 1. The maximum Gasteiger partial charge on any atom is 0.171 e. The first-order valence-electron chi connectivity index (χ1n) is 5.71. The Kier molecular flexibility index (Phi) is 3.30. The smallest absolute Gasteiger partial charge is 0.171 e. The van der Waals surface area contributed by atoms with E-state index in [0.717, 1.165) is 15.7 Å². The van der Waals surface area contributed by atoms with Crippen LogP contribution >= 0.6 is 23.1 Å². The van der Waals surface area contributed by atoms with Crippen molar-refractivity contribution in [3.63, 3.8) is 0 Å². The van der Waals surface area contributed by atoms with Crippen molar-refractivity contribution in [3.8, 4) is 0 Å². The third-order valence-corrected chi connectivity index (χ3v) is 4.77. The van der Waals surface area contributed by atoms with Gasteiger partial charge in [0.15, 0.2) is 9.99 Å². The first-order valence-corrected chi connectivity index (χ1v) is 7.51. The molecule has 0 aliphatic heterocycles. The molecule has 0 radical (unpaired) electrons. The minimum atomic E-state index is 0.862. The summed E-state index contributed by atoms with van der Waals surface area (Å²) < 4.78 is 2.26. The lowest BCUT2D eigenvalue weighted by Crippen LogP contribution is -1.79. The van der Waals surface area contributed by atoms with Crippen LogP contribution in [-0.2, 0) is 5.75 Å². The van der Waals surface area contributed by atoms with Crippen LogP contribution in [0.3, 0.4) is 0 Å². The molecule has 18 heavy (non-hydrogen) atoms. The molecule has 0 saturated heterocycles. The molecule has 4 heteroatoms. The van der Waals surface area contributed by atoms with Crippen LogP contribution in [0.15, 0.2) is 46.9 Å². The molecule has 0 N–H and O–H groups in total. The van der Waals surface area contributed by atoms with E-state index in [2.05, 4.69) is 47.2 Å². The van der Waals surface area contributed by atoms with Gasteiger partial charge in [-0.2, -0.15) is 0 Å². The number of aromatic nitrogens is 2. The summed E-state index contributed by atoms with van der Waals surface area (Å²) in [6.45, 7) is 2.06. The largest absolute Gasteiger partial charge is 0.236 e. The number of benzene rings is 1. The molecule has 0 saturated carbocycles. The minimum absolute atomic E-state index is 0.862. The van der Waals surface area contributed by atoms with Gasteiger partial charge in [0.05, 0.1) is 4.70 Å². The van der Waals surface area contributed by atoms with Crippen molar-refractivity contribution < 1.29 is 0 Å². The van der Waals surface area contributed by atoms with Crippen LogP contribution in [0.2, 0.25) is 0 Å². The van der Waals surface area contributed by atoms with Crippen LogP contribution in [-0.4, -0.2) is 9.97 Å². The zero-order valence-electron chi connectivity index (χ0n) is 9.96. The molecule has 1 aromatic carbocycles. The second-order valence-corrected chi connectivity index (χ2v) is 6.34. The lowest BCUT2D eigenvalue weighted by molar-refractivity contribution is 1.22. The Morgan fingerprint density at radius 1 is 1.22 bits per heavy atom. The molecule has 0 spiro atoms. The average molecular weight is 272 g/mol. The van der Waals surface area contributed by atoms with E-state index in [0.29, 0.717) is 0 Å². The summed E-state index contributed by atoms with van der Waals surface area (Å²) in [5.41, 5.74) is 3.37. The number of aryl methyl sites for hydroxylation is 1. The first-order chi connectivity index (χ1) is 8.81. The van der Waals surface area contributed by atoms with Gasteiger partial charge in [-0.25, -0.2) is 9.97 Å². The monoisotopic (exact) mass is 272 g/mol. The summed E-state index contributed by atoms with van der Waals surface area (Å²) in [6, 6.07) is 12.6. The van der Waals surface area contributed by atoms with Gasteiger partial charge < -0.3 is 0 Å². The molecule has 2 aromatic heterocycles. The van der Waals surface area contributed by atoms with E-state index in [9.17, 15) is 0 Å². The van der Waals surface area contributed by atoms with Crippen molar-refractivity contribution in [2.24, 2.45) is 0 Å². The normalized spacial score (nSPS) is 10.9. The van der Waals surface area contributed by atoms with Crippen molar-refractivity contribution in [2.45, 2.75) is 17.0 Å². The van der Waals surface area contributed by atoms with E-state index < -0.39 is 0 Å². The van der Waals surface area contributed by atoms with Crippen molar-refractivity contribution in [1.29, 1.82) is 0 Å². The fourth-order valence-corrected chi connectivity index (χ4v) is 3.75. The number of thiazole rings is 1. The van der Waals surface area contributed by atoms with Crippen molar-refractivity contribution in [3.05, 3.63) is 53.7 Å². The summed E-state index contributed by atoms with van der Waals surface area (Å²) >= 11 is 3.49. The van der Waals surface area contributed by atoms with Crippen molar-refractivity contribution >= 4 is 33.4 Å². The van der Waals surface area contributed by atoms with Gasteiger partial charge in [-0.05, 0) is 24.1 Å². The summed E-state index contributed by atoms with van der Waals surface area (Å²) in [4.78, 5) is 8.88. The topological polar surface area (TPSA) is 25.8 Å². The maximum atomic E-state index is 4.54. The number of thioether (sulfide) groups is 1. The van der Waals surface area contributed by atoms with Crippen molar-refractivity contribution in [2.75, 3.05) is 0 Å². The second kappa shape index (κ2) is 5.08. The summed E-state index contributed by atoms with van der Waals surface area (Å²) in [5.74, 6) is 0.958. The molecule has 0 atom stereocenters. The Hall–Kier alpha value is -1.39. The molecular formula is C14H12N2S2. The van der Waals surface area contributed by atoms with Crippen molar-refractivity contribution in [1.82, 2.24) is 9.97 Å². The van der Waals surface area contributed by atoms with Gasteiger partial charge in [0, 0.05) is 11.9 Å². The molecule has 0 fully saturated rings. The van der Waals surface area contributed by atoms with Gasteiger partial charge in [-0.15, -0.1) is 11.3 Å². The van der Waals surface area contributed by atoms with Gasteiger partial charge in [0.2, 0.25) is 0 Å². The highest BCUT2D eigenvalue weighted by molar-refractivity contribution is 8.00. The fourth-order valence-electron chi connectivity index (χ4n) is 1.68. The number of hydrogen-bond acceptors (Lipinski definition) is 4. The molecule has 90 valence electrons. The van der Waals surface area contributed by atoms with Crippen LogP contribution in [0, 0.1) is 6.92 Å². The molecule has 0 unspecified atom stereocenters. The molecule has 2 heterocycles. The van der Waals surface area contributed by atoms with E-state index in [1.54, 1.807) is 23.1 Å². The highest BCUT2D eigenvalue weighted by Gasteiger charge is 2.05. The SMILES string of the molecule is Cc1cnc2nc(SCc3ccccc3)sc2c1. The van der Waals surface area contributed by atoms with Crippen LogP contribution in [0.1, 0.15) is 11.1 Å². The molecule has 0 aliphatic rings. The highest BCUT2D eigenvalue weighted by Crippen LogP contribution is 2.30. The van der Waals surface area contributed by atoms with Crippen LogP contribution in [0.5, 0.6) is 0 Å². The lowest BCUT2D eigenvalue weighted by Gasteiger charge is -1.96. The molecule has 3 rings (SSSR count). The highest BCUT2D eigenvalue weighted by atomic mass is 32.2. The third-order valence-electron chi connectivity index (χ3n) is 2.57. The van der Waals surface area contributed by atoms with E-state index in [-0.39, 0.29) is 0 Å². The Morgan fingerprint density at radius 3 is 2.89 bits per heavy atom. The van der Waals surface area contributed by atoms with Gasteiger partial charge >= 0.3 is 0 Å². The van der Waals surface area contributed by atoms with E-state index in [1.807, 2.05) is 12.3 Å². The molecular weight excluding hydrogens is 260 g/mol. The average Bonchev–Trinajstić information content (AvgIpc) is 2.79. The first kappa shape index (κ1) is 11.7. The quantitative estimate of drug-likeness (QED) is 0.665. The van der Waals surface area contributed by atoms with Crippen LogP contribution in [0.4, 0.5) is 0 Å². The zero-order valence-corrected chi connectivity index (χ0v) is 11.6. The molecule has 2 nitrogen and oxygen atoms in total. The summed E-state index contributed by atoms with van der Waals surface area (Å²) in [5, 5.41) is 0. The number of rotatable bonds is 3. The Labute approximate surface area is 114 Å². The standard InChI is InChI=1S/C14H12N2S2/c1-10-7-12-13(15-8-10)16-14(18-12)17-9-11-5-3-2-4-6-11/h2-8H,9H2,1H3. The van der Waals surface area contributed by atoms with Gasteiger partial charge in [0.1, 0.15) is 0 Å². The van der Waals surface area contributed by atoms with Gasteiger partial charge in [-0.1, -0.05) is 42.1 Å². The van der Waals surface area contributed by atoms with E-state index in [4.69, 9.17) is 0 Å². The molecule has 0 aliphatic carbocycles. The Morgan fingerprint density at radius 2 is 2.06 bits per heavy atom. The molecule has 0 bridgehead atoms. The van der Waals surface area contributed by atoms with Gasteiger partial charge in [-0.3, -0.25) is 0 Å². The molecule has 3 aromatic rings. The molecule has 0 amide bonds. The number of pyridine rings is 1. The predicted molar refractivity (Wildman–Crippen MR) is 78.2 cm³/mol. The minimum Gasteiger partial charge on any atom is -0.236 e. The zero-order chi connectivity index (χ0) is 12.4. The number of hydrogen-bond donors (Lipinski definition) is 0. The van der Waals surface area contributed by atoms with Crippen LogP contribution in [0.25, 0.3) is 10.3 Å². The number of nitrogens with zero attached hydrogens (tertiary/aromatic N) is 2. The summed E-state index contributed by atoms with van der Waals surface area (Å²) in [6.07, 6.45) is 1.87. The third kappa shape index (κ3) is 2.54. The maximum absolute atomic E-state index is 4.54. The predicted octanol–water partition coefficient (Wildman–Crippen LogP) is 4.29. The summed E-state index contributed by atoms with van der Waals surface area (Å²) in [7, 11) is 0. The Balaban J connectivity index is 1.79. The lowest BCUT2D eigenvalue weighted by atomic mass is 10.2. The van der Waals surface area contributed by atoms with E-state index in [1.165, 1.54) is 15.8 Å². The fraction of sp³-hybridized carbons (Fsp3) is 0.143. The van der Waals surface area contributed by atoms with Crippen LogP contribution < -0.4 is 0 Å². The Bertz CT molecular complexity index is 662. The van der Waals surface area contributed by atoms with Gasteiger partial charge in [0.25, 0.3) is 0 Å².